The van der Waals surface area contributed by atoms with Crippen molar-refractivity contribution < 1.29 is 13.2 Å². The van der Waals surface area contributed by atoms with Gasteiger partial charge in [-0.1, -0.05) is 0 Å². The molecule has 0 saturated heterocycles. The molecule has 2 aromatic rings. The number of nitrogens with zero attached hydrogens (tertiary/aromatic N) is 2. The van der Waals surface area contributed by atoms with Crippen LogP contribution in [0.1, 0.15) is 11.4 Å². The molecule has 7 heteroatoms. The van der Waals surface area contributed by atoms with Crippen molar-refractivity contribution in [2.24, 2.45) is 0 Å². The fourth-order valence-corrected chi connectivity index (χ4v) is 1.74. The van der Waals surface area contributed by atoms with E-state index in [1.54, 1.807) is 6.92 Å². The third kappa shape index (κ3) is 1.71. The summed E-state index contributed by atoms with van der Waals surface area (Å²) in [5, 5.41) is 6.87. The number of hydrogen-bond donors (Lipinski definition) is 1. The number of aryl methyl sites for hydroxylation is 1. The first kappa shape index (κ1) is 10.4. The molecule has 0 spiro atoms. The van der Waals surface area contributed by atoms with E-state index in [9.17, 15) is 13.2 Å². The maximum Gasteiger partial charge on any atom is 0.433 e. The van der Waals surface area contributed by atoms with Crippen molar-refractivity contribution in [1.29, 1.82) is 0 Å². The van der Waals surface area contributed by atoms with Gasteiger partial charge in [0.05, 0.1) is 0 Å². The van der Waals surface area contributed by atoms with Gasteiger partial charge in [0.15, 0.2) is 0 Å². The van der Waals surface area contributed by atoms with E-state index in [2.05, 4.69) is 31.1 Å². The lowest BCUT2D eigenvalue weighted by molar-refractivity contribution is -0.141. The number of H-pyrrole nitrogens is 1. The normalized spacial score (nSPS) is 12.3. The second-order valence-electron chi connectivity index (χ2n) is 3.04. The number of alkyl halides is 3. The first-order valence-electron chi connectivity index (χ1n) is 3.98. The zero-order valence-electron chi connectivity index (χ0n) is 7.48. The van der Waals surface area contributed by atoms with Crippen molar-refractivity contribution >= 4 is 26.8 Å². The van der Waals surface area contributed by atoms with Gasteiger partial charge in [-0.2, -0.15) is 18.3 Å². The molecule has 80 valence electrons. The van der Waals surface area contributed by atoms with Crippen LogP contribution in [0.15, 0.2) is 10.7 Å². The number of rotatable bonds is 0. The molecule has 0 fully saturated rings. The maximum atomic E-state index is 12.4. The predicted octanol–water partition coefficient (Wildman–Crippen LogP) is 3.05. The Morgan fingerprint density at radius 3 is 2.67 bits per heavy atom. The third-order valence-corrected chi connectivity index (χ3v) is 2.53. The standard InChI is InChI=1S/C8H5BrF3N3/c1-3-4-2-5(8(10,11)12)13-7(9)6(4)15-14-3/h2H,1H3,(H,14,15). The quantitative estimate of drug-likeness (QED) is 0.753. The predicted molar refractivity (Wildman–Crippen MR) is 51.3 cm³/mol. The fraction of sp³-hybridized carbons (Fsp3) is 0.250. The van der Waals surface area contributed by atoms with Gasteiger partial charge in [0.2, 0.25) is 0 Å². The number of nitrogens with one attached hydrogen (secondary N) is 1. The summed E-state index contributed by atoms with van der Waals surface area (Å²) in [6, 6.07) is 0.985. The zero-order valence-corrected chi connectivity index (χ0v) is 9.07. The van der Waals surface area contributed by atoms with Gasteiger partial charge in [0.25, 0.3) is 0 Å². The van der Waals surface area contributed by atoms with Crippen molar-refractivity contribution in [3.8, 4) is 0 Å². The topological polar surface area (TPSA) is 41.6 Å². The van der Waals surface area contributed by atoms with Gasteiger partial charge in [0, 0.05) is 11.1 Å². The Morgan fingerprint density at radius 2 is 2.07 bits per heavy atom. The summed E-state index contributed by atoms with van der Waals surface area (Å²) >= 11 is 2.96. The van der Waals surface area contributed by atoms with Crippen LogP contribution in [0.4, 0.5) is 13.2 Å². The number of hydrogen-bond acceptors (Lipinski definition) is 2. The fourth-order valence-electron chi connectivity index (χ4n) is 1.24. The highest BCUT2D eigenvalue weighted by Crippen LogP contribution is 2.32. The van der Waals surface area contributed by atoms with Crippen molar-refractivity contribution in [2.45, 2.75) is 13.1 Å². The molecular formula is C8H5BrF3N3. The number of aromatic nitrogens is 3. The summed E-state index contributed by atoms with van der Waals surface area (Å²) in [7, 11) is 0. The van der Waals surface area contributed by atoms with E-state index in [1.807, 2.05) is 0 Å². The molecule has 0 aliphatic heterocycles. The van der Waals surface area contributed by atoms with E-state index in [1.165, 1.54) is 0 Å². The zero-order chi connectivity index (χ0) is 11.2. The Labute approximate surface area is 90.8 Å². The lowest BCUT2D eigenvalue weighted by Crippen LogP contribution is -2.07. The number of fused-ring (bicyclic) bond motifs is 1. The molecule has 0 amide bonds. The summed E-state index contributed by atoms with van der Waals surface area (Å²) in [5.74, 6) is 0. The van der Waals surface area contributed by atoms with Gasteiger partial charge in [-0.05, 0) is 28.9 Å². The summed E-state index contributed by atoms with van der Waals surface area (Å²) in [4.78, 5) is 3.40. The van der Waals surface area contributed by atoms with Crippen LogP contribution >= 0.6 is 15.9 Å². The summed E-state index contributed by atoms with van der Waals surface area (Å²) in [6.45, 7) is 1.65. The Bertz CT molecular complexity index is 518. The van der Waals surface area contributed by atoms with Gasteiger partial charge in [-0.25, -0.2) is 4.98 Å². The van der Waals surface area contributed by atoms with Crippen molar-refractivity contribution in [2.75, 3.05) is 0 Å². The molecule has 0 aromatic carbocycles. The molecule has 0 aliphatic rings. The second-order valence-corrected chi connectivity index (χ2v) is 3.79. The molecule has 0 aliphatic carbocycles. The minimum atomic E-state index is -4.44. The third-order valence-electron chi connectivity index (χ3n) is 1.98. The van der Waals surface area contributed by atoms with Gasteiger partial charge in [-0.15, -0.1) is 0 Å². The van der Waals surface area contributed by atoms with Crippen LogP contribution in [0.25, 0.3) is 10.9 Å². The average Bonchev–Trinajstić information content (AvgIpc) is 2.47. The highest BCUT2D eigenvalue weighted by atomic mass is 79.9. The van der Waals surface area contributed by atoms with Crippen LogP contribution in [0, 0.1) is 6.92 Å². The molecule has 0 radical (unpaired) electrons. The lowest BCUT2D eigenvalue weighted by atomic mass is 10.2. The van der Waals surface area contributed by atoms with Gasteiger partial charge < -0.3 is 0 Å². The number of halogens is 4. The van der Waals surface area contributed by atoms with Crippen molar-refractivity contribution in [3.05, 3.63) is 22.1 Å². The SMILES string of the molecule is Cc1[nH]nc2c(Br)nc(C(F)(F)F)cc12. The first-order chi connectivity index (χ1) is 6.89. The summed E-state index contributed by atoms with van der Waals surface area (Å²) in [6.07, 6.45) is -4.44. The number of pyridine rings is 1. The molecular weight excluding hydrogens is 275 g/mol. The van der Waals surface area contributed by atoms with Crippen LogP contribution in [0.3, 0.4) is 0 Å². The summed E-state index contributed by atoms with van der Waals surface area (Å²) < 4.78 is 37.4. The highest BCUT2D eigenvalue weighted by molar-refractivity contribution is 9.10. The van der Waals surface area contributed by atoms with Crippen LogP contribution in [0.5, 0.6) is 0 Å². The van der Waals surface area contributed by atoms with E-state index in [0.717, 1.165) is 6.07 Å². The Kier molecular flexibility index (Phi) is 2.22. The van der Waals surface area contributed by atoms with E-state index in [0.29, 0.717) is 16.6 Å². The molecule has 0 saturated carbocycles. The minimum Gasteiger partial charge on any atom is -0.282 e. The molecule has 2 aromatic heterocycles. The van der Waals surface area contributed by atoms with Crippen LogP contribution in [-0.2, 0) is 6.18 Å². The first-order valence-corrected chi connectivity index (χ1v) is 4.77. The van der Waals surface area contributed by atoms with Crippen LogP contribution < -0.4 is 0 Å². The Balaban J connectivity index is 2.76. The second kappa shape index (κ2) is 3.19. The number of aromatic amines is 1. The molecule has 0 atom stereocenters. The largest absolute Gasteiger partial charge is 0.433 e. The average molecular weight is 280 g/mol. The van der Waals surface area contributed by atoms with E-state index in [-0.39, 0.29) is 4.60 Å². The maximum absolute atomic E-state index is 12.4. The molecule has 2 heterocycles. The van der Waals surface area contributed by atoms with Gasteiger partial charge in [-0.3, -0.25) is 5.10 Å². The molecule has 1 N–H and O–H groups in total. The minimum absolute atomic E-state index is 0.0941. The molecule has 15 heavy (non-hydrogen) atoms. The summed E-state index contributed by atoms with van der Waals surface area (Å²) in [5.41, 5.74) is 0.0606. The van der Waals surface area contributed by atoms with Gasteiger partial charge >= 0.3 is 6.18 Å². The molecule has 0 unspecified atom stereocenters. The Morgan fingerprint density at radius 1 is 1.40 bits per heavy atom. The van der Waals surface area contributed by atoms with Crippen molar-refractivity contribution in [1.82, 2.24) is 15.2 Å². The molecule has 2 rings (SSSR count). The van der Waals surface area contributed by atoms with E-state index < -0.39 is 11.9 Å². The monoisotopic (exact) mass is 279 g/mol. The highest BCUT2D eigenvalue weighted by Gasteiger charge is 2.33. The smallest absolute Gasteiger partial charge is 0.282 e. The van der Waals surface area contributed by atoms with Crippen molar-refractivity contribution in [3.63, 3.8) is 0 Å². The van der Waals surface area contributed by atoms with E-state index >= 15 is 0 Å². The molecule has 3 nitrogen and oxygen atoms in total. The van der Waals surface area contributed by atoms with Crippen LogP contribution in [0.2, 0.25) is 0 Å². The van der Waals surface area contributed by atoms with E-state index in [4.69, 9.17) is 0 Å². The van der Waals surface area contributed by atoms with Gasteiger partial charge in [0.1, 0.15) is 15.8 Å². The Hall–Kier alpha value is -1.11. The molecule has 0 bridgehead atoms. The van der Waals surface area contributed by atoms with Crippen LogP contribution in [-0.4, -0.2) is 15.2 Å². The lowest BCUT2D eigenvalue weighted by Gasteiger charge is -2.05.